The molecule has 1 aliphatic rings. The predicted molar refractivity (Wildman–Crippen MR) is 157 cm³/mol. The van der Waals surface area contributed by atoms with E-state index in [0.29, 0.717) is 47.7 Å². The van der Waals surface area contributed by atoms with E-state index >= 15 is 0 Å². The van der Waals surface area contributed by atoms with Crippen LogP contribution in [-0.4, -0.2) is 55.1 Å². The third-order valence-electron chi connectivity index (χ3n) is 5.99. The van der Waals surface area contributed by atoms with Crippen LogP contribution >= 0.6 is 35.4 Å². The van der Waals surface area contributed by atoms with Crippen LogP contribution in [0.15, 0.2) is 72.8 Å². The van der Waals surface area contributed by atoms with Crippen molar-refractivity contribution in [2.45, 2.75) is 0 Å². The number of rotatable bonds is 6. The highest BCUT2D eigenvalue weighted by atomic mass is 35.5. The van der Waals surface area contributed by atoms with Gasteiger partial charge in [-0.1, -0.05) is 53.5 Å². The number of nitrogens with zero attached hydrogens (tertiary/aromatic N) is 2. The van der Waals surface area contributed by atoms with Crippen LogP contribution < -0.4 is 20.3 Å². The van der Waals surface area contributed by atoms with Crippen LogP contribution in [0.25, 0.3) is 6.08 Å². The van der Waals surface area contributed by atoms with Crippen molar-refractivity contribution in [3.05, 3.63) is 94.0 Å². The molecule has 0 aromatic heterocycles. The number of ether oxygens (including phenoxy) is 1. The molecule has 0 spiro atoms. The summed E-state index contributed by atoms with van der Waals surface area (Å²) in [5, 5.41) is 6.76. The van der Waals surface area contributed by atoms with Gasteiger partial charge in [0.2, 0.25) is 5.91 Å². The standard InChI is InChI=1S/C28H26Cl2N4O3S/c1-37-25-11-9-20(29)17-22(25)27(36)32-28(38)31-23-18-21(30)8-10-24(23)33-13-15-34(16-14-33)26(35)12-7-19-5-3-2-4-6-19/h2-12,17-18H,13-16H2,1H3,(H2,31,32,36,38)/b12-7+. The molecule has 1 aliphatic heterocycles. The topological polar surface area (TPSA) is 73.9 Å². The summed E-state index contributed by atoms with van der Waals surface area (Å²) < 4.78 is 5.26. The number of methoxy groups -OCH3 is 1. The quantitative estimate of drug-likeness (QED) is 0.302. The third kappa shape index (κ3) is 7.04. The molecular weight excluding hydrogens is 543 g/mol. The number of thiocarbonyl (C=S) groups is 1. The van der Waals surface area contributed by atoms with Crippen molar-refractivity contribution in [3.8, 4) is 5.75 Å². The van der Waals surface area contributed by atoms with Gasteiger partial charge in [0.1, 0.15) is 5.75 Å². The fraction of sp³-hybridized carbons (Fsp3) is 0.179. The smallest absolute Gasteiger partial charge is 0.261 e. The van der Waals surface area contributed by atoms with Crippen LogP contribution in [-0.2, 0) is 4.79 Å². The summed E-state index contributed by atoms with van der Waals surface area (Å²) in [5.41, 5.74) is 2.74. The molecule has 4 rings (SSSR count). The maximum atomic E-state index is 12.8. The molecule has 1 heterocycles. The van der Waals surface area contributed by atoms with Gasteiger partial charge in [-0.3, -0.25) is 14.9 Å². The maximum absolute atomic E-state index is 12.8. The van der Waals surface area contributed by atoms with Gasteiger partial charge in [0.15, 0.2) is 5.11 Å². The molecule has 7 nitrogen and oxygen atoms in total. The van der Waals surface area contributed by atoms with Crippen LogP contribution in [0, 0.1) is 0 Å². The summed E-state index contributed by atoms with van der Waals surface area (Å²) in [6.45, 7) is 2.38. The van der Waals surface area contributed by atoms with Crippen molar-refractivity contribution in [2.24, 2.45) is 0 Å². The van der Waals surface area contributed by atoms with Gasteiger partial charge in [-0.25, -0.2) is 0 Å². The molecule has 1 saturated heterocycles. The lowest BCUT2D eigenvalue weighted by Crippen LogP contribution is -2.48. The van der Waals surface area contributed by atoms with E-state index in [1.807, 2.05) is 47.4 Å². The molecule has 2 N–H and O–H groups in total. The molecule has 3 aromatic rings. The molecule has 2 amide bonds. The van der Waals surface area contributed by atoms with Crippen molar-refractivity contribution in [1.29, 1.82) is 0 Å². The zero-order valence-corrected chi connectivity index (χ0v) is 22.9. The Kier molecular flexibility index (Phi) is 9.23. The van der Waals surface area contributed by atoms with Crippen molar-refractivity contribution in [1.82, 2.24) is 10.2 Å². The fourth-order valence-electron chi connectivity index (χ4n) is 4.07. The summed E-state index contributed by atoms with van der Waals surface area (Å²) >= 11 is 17.7. The highest BCUT2D eigenvalue weighted by Crippen LogP contribution is 2.30. The molecule has 0 bridgehead atoms. The lowest BCUT2D eigenvalue weighted by molar-refractivity contribution is -0.126. The summed E-state index contributed by atoms with van der Waals surface area (Å²) in [6, 6.07) is 19.9. The van der Waals surface area contributed by atoms with Gasteiger partial charge in [-0.2, -0.15) is 0 Å². The van der Waals surface area contributed by atoms with Gasteiger partial charge in [-0.05, 0) is 60.3 Å². The van der Waals surface area contributed by atoms with Crippen LogP contribution in [0.4, 0.5) is 11.4 Å². The number of anilines is 2. The van der Waals surface area contributed by atoms with E-state index in [0.717, 1.165) is 11.3 Å². The van der Waals surface area contributed by atoms with Gasteiger partial charge in [0, 0.05) is 42.3 Å². The Labute approximate surface area is 237 Å². The minimum Gasteiger partial charge on any atom is -0.496 e. The van der Waals surface area contributed by atoms with Crippen LogP contribution in [0.2, 0.25) is 10.0 Å². The summed E-state index contributed by atoms with van der Waals surface area (Å²) in [5.74, 6) is -0.103. The molecule has 0 unspecified atom stereocenters. The first-order valence-electron chi connectivity index (χ1n) is 11.9. The minimum absolute atomic E-state index is 0.0247. The van der Waals surface area contributed by atoms with Gasteiger partial charge >= 0.3 is 0 Å². The summed E-state index contributed by atoms with van der Waals surface area (Å²) in [7, 11) is 1.47. The van der Waals surface area contributed by atoms with Gasteiger partial charge in [-0.15, -0.1) is 0 Å². The highest BCUT2D eigenvalue weighted by molar-refractivity contribution is 7.80. The van der Waals surface area contributed by atoms with Crippen molar-refractivity contribution in [3.63, 3.8) is 0 Å². The molecule has 3 aromatic carbocycles. The Morgan fingerprint density at radius 1 is 0.947 bits per heavy atom. The number of amides is 2. The zero-order valence-electron chi connectivity index (χ0n) is 20.6. The first kappa shape index (κ1) is 27.4. The number of nitrogens with one attached hydrogen (secondary N) is 2. The monoisotopic (exact) mass is 568 g/mol. The van der Waals surface area contributed by atoms with E-state index in [1.54, 1.807) is 30.3 Å². The minimum atomic E-state index is -0.457. The Bertz CT molecular complexity index is 1360. The number of piperazine rings is 1. The van der Waals surface area contributed by atoms with Gasteiger partial charge < -0.3 is 19.9 Å². The molecule has 196 valence electrons. The SMILES string of the molecule is COc1ccc(Cl)cc1C(=O)NC(=S)Nc1cc(Cl)ccc1N1CCN(C(=O)/C=C/c2ccccc2)CC1. The third-order valence-corrected chi connectivity index (χ3v) is 6.66. The molecule has 0 atom stereocenters. The van der Waals surface area contributed by atoms with Crippen LogP contribution in [0.3, 0.4) is 0 Å². The maximum Gasteiger partial charge on any atom is 0.261 e. The Balaban J connectivity index is 1.39. The average molecular weight is 570 g/mol. The lowest BCUT2D eigenvalue weighted by Gasteiger charge is -2.36. The van der Waals surface area contributed by atoms with E-state index in [2.05, 4.69) is 15.5 Å². The summed E-state index contributed by atoms with van der Waals surface area (Å²) in [4.78, 5) is 29.5. The molecular formula is C28H26Cl2N4O3S. The van der Waals surface area contributed by atoms with Crippen molar-refractivity contribution >= 4 is 69.8 Å². The number of halogens is 2. The zero-order chi connectivity index (χ0) is 27.1. The highest BCUT2D eigenvalue weighted by Gasteiger charge is 2.22. The first-order chi connectivity index (χ1) is 18.3. The summed E-state index contributed by atoms with van der Waals surface area (Å²) in [6.07, 6.45) is 3.43. The molecule has 10 heteroatoms. The van der Waals surface area contributed by atoms with E-state index in [1.165, 1.54) is 13.2 Å². The van der Waals surface area contributed by atoms with Gasteiger partial charge in [0.05, 0.1) is 24.0 Å². The van der Waals surface area contributed by atoms with Crippen molar-refractivity contribution < 1.29 is 14.3 Å². The fourth-order valence-corrected chi connectivity index (χ4v) is 4.62. The molecule has 38 heavy (non-hydrogen) atoms. The Morgan fingerprint density at radius 3 is 2.34 bits per heavy atom. The largest absolute Gasteiger partial charge is 0.496 e. The molecule has 0 saturated carbocycles. The Morgan fingerprint density at radius 2 is 1.63 bits per heavy atom. The van der Waals surface area contributed by atoms with E-state index < -0.39 is 5.91 Å². The van der Waals surface area contributed by atoms with Crippen LogP contribution in [0.5, 0.6) is 5.75 Å². The second kappa shape index (κ2) is 12.8. The van der Waals surface area contributed by atoms with E-state index in [-0.39, 0.29) is 16.6 Å². The second-order valence-electron chi connectivity index (χ2n) is 8.47. The predicted octanol–water partition coefficient (Wildman–Crippen LogP) is 5.49. The normalized spacial score (nSPS) is 13.3. The second-order valence-corrected chi connectivity index (χ2v) is 9.75. The average Bonchev–Trinajstić information content (AvgIpc) is 2.92. The number of hydrogen-bond donors (Lipinski definition) is 2. The first-order valence-corrected chi connectivity index (χ1v) is 13.0. The lowest BCUT2D eigenvalue weighted by atomic mass is 10.2. The van der Waals surface area contributed by atoms with E-state index in [9.17, 15) is 9.59 Å². The molecule has 1 fully saturated rings. The number of benzene rings is 3. The molecule has 0 radical (unpaired) electrons. The van der Waals surface area contributed by atoms with Gasteiger partial charge in [0.25, 0.3) is 5.91 Å². The number of carbonyl (C=O) groups excluding carboxylic acids is 2. The molecule has 0 aliphatic carbocycles. The number of hydrogen-bond acceptors (Lipinski definition) is 5. The van der Waals surface area contributed by atoms with Crippen LogP contribution in [0.1, 0.15) is 15.9 Å². The Hall–Kier alpha value is -3.59. The van der Waals surface area contributed by atoms with E-state index in [4.69, 9.17) is 40.2 Å². The van der Waals surface area contributed by atoms with Crippen molar-refractivity contribution in [2.75, 3.05) is 43.5 Å². The number of carbonyl (C=O) groups is 2.